The molecular formula is C19H23ClN2O. The summed E-state index contributed by atoms with van der Waals surface area (Å²) in [6.07, 6.45) is 2.28. The molecule has 0 bridgehead atoms. The van der Waals surface area contributed by atoms with E-state index in [9.17, 15) is 0 Å². The third-order valence-electron chi connectivity index (χ3n) is 4.35. The fraction of sp³-hybridized carbons (Fsp3) is 0.368. The summed E-state index contributed by atoms with van der Waals surface area (Å²) in [5, 5.41) is 4.44. The number of nitrogens with one attached hydrogen (secondary N) is 1. The molecule has 0 unspecified atom stereocenters. The van der Waals surface area contributed by atoms with E-state index in [1.807, 2.05) is 30.3 Å². The van der Waals surface area contributed by atoms with Gasteiger partial charge in [-0.1, -0.05) is 35.9 Å². The summed E-state index contributed by atoms with van der Waals surface area (Å²) in [6.45, 7) is 3.17. The standard InChI is InChI=1S/C19H23ClN2O/c1-23-19-8-3-2-7-18(19)21-17-9-11-22(12-10-17)14-15-5-4-6-16(20)13-15/h2-8,13,17,21H,9-12,14H2,1H3. The minimum Gasteiger partial charge on any atom is -0.495 e. The summed E-state index contributed by atoms with van der Waals surface area (Å²) in [5.74, 6) is 0.911. The Labute approximate surface area is 143 Å². The molecule has 1 fully saturated rings. The first-order chi connectivity index (χ1) is 11.2. The summed E-state index contributed by atoms with van der Waals surface area (Å²) >= 11 is 6.06. The maximum Gasteiger partial charge on any atom is 0.141 e. The lowest BCUT2D eigenvalue weighted by Crippen LogP contribution is -2.38. The Kier molecular flexibility index (Phi) is 5.42. The zero-order valence-electron chi connectivity index (χ0n) is 13.5. The van der Waals surface area contributed by atoms with Crippen molar-refractivity contribution in [2.24, 2.45) is 0 Å². The number of nitrogens with zero attached hydrogens (tertiary/aromatic N) is 1. The van der Waals surface area contributed by atoms with Gasteiger partial charge in [-0.05, 0) is 42.7 Å². The van der Waals surface area contributed by atoms with Gasteiger partial charge in [0.1, 0.15) is 5.75 Å². The van der Waals surface area contributed by atoms with E-state index in [1.54, 1.807) is 7.11 Å². The molecule has 0 atom stereocenters. The van der Waals surface area contributed by atoms with Crippen LogP contribution in [-0.4, -0.2) is 31.1 Å². The summed E-state index contributed by atoms with van der Waals surface area (Å²) in [4.78, 5) is 2.49. The molecular weight excluding hydrogens is 308 g/mol. The molecule has 1 heterocycles. The second kappa shape index (κ2) is 7.71. The Bertz CT molecular complexity index is 639. The number of methoxy groups -OCH3 is 1. The summed E-state index contributed by atoms with van der Waals surface area (Å²) in [5.41, 5.74) is 2.37. The highest BCUT2D eigenvalue weighted by atomic mass is 35.5. The average Bonchev–Trinajstić information content (AvgIpc) is 2.57. The van der Waals surface area contributed by atoms with Gasteiger partial charge in [0, 0.05) is 30.7 Å². The lowest BCUT2D eigenvalue weighted by molar-refractivity contribution is 0.211. The SMILES string of the molecule is COc1ccccc1NC1CCN(Cc2cccc(Cl)c2)CC1. The summed E-state index contributed by atoms with van der Waals surface area (Å²) in [6, 6.07) is 16.8. The second-order valence-electron chi connectivity index (χ2n) is 6.02. The van der Waals surface area contributed by atoms with E-state index < -0.39 is 0 Å². The molecule has 1 N–H and O–H groups in total. The van der Waals surface area contributed by atoms with E-state index in [4.69, 9.17) is 16.3 Å². The molecule has 122 valence electrons. The minimum absolute atomic E-state index is 0.502. The summed E-state index contributed by atoms with van der Waals surface area (Å²) < 4.78 is 5.41. The van der Waals surface area contributed by atoms with Gasteiger partial charge in [-0.15, -0.1) is 0 Å². The second-order valence-corrected chi connectivity index (χ2v) is 6.46. The van der Waals surface area contributed by atoms with E-state index in [0.717, 1.165) is 48.9 Å². The number of hydrogen-bond donors (Lipinski definition) is 1. The first-order valence-corrected chi connectivity index (χ1v) is 8.49. The highest BCUT2D eigenvalue weighted by molar-refractivity contribution is 6.30. The van der Waals surface area contributed by atoms with Crippen LogP contribution in [0.15, 0.2) is 48.5 Å². The van der Waals surface area contributed by atoms with Crippen LogP contribution < -0.4 is 10.1 Å². The van der Waals surface area contributed by atoms with Crippen molar-refractivity contribution in [1.82, 2.24) is 4.90 Å². The average molecular weight is 331 g/mol. The Morgan fingerprint density at radius 3 is 2.65 bits per heavy atom. The molecule has 0 aliphatic carbocycles. The first-order valence-electron chi connectivity index (χ1n) is 8.11. The number of hydrogen-bond acceptors (Lipinski definition) is 3. The highest BCUT2D eigenvalue weighted by Gasteiger charge is 2.20. The number of anilines is 1. The molecule has 4 heteroatoms. The molecule has 1 aliphatic rings. The molecule has 0 spiro atoms. The summed E-state index contributed by atoms with van der Waals surface area (Å²) in [7, 11) is 1.72. The van der Waals surface area contributed by atoms with Gasteiger partial charge in [-0.3, -0.25) is 4.90 Å². The number of ether oxygens (including phenoxy) is 1. The zero-order chi connectivity index (χ0) is 16.1. The van der Waals surface area contributed by atoms with Gasteiger partial charge in [0.25, 0.3) is 0 Å². The fourth-order valence-electron chi connectivity index (χ4n) is 3.11. The predicted molar refractivity (Wildman–Crippen MR) is 96.4 cm³/mol. The molecule has 23 heavy (non-hydrogen) atoms. The number of para-hydroxylation sites is 2. The zero-order valence-corrected chi connectivity index (χ0v) is 14.2. The smallest absolute Gasteiger partial charge is 0.141 e. The van der Waals surface area contributed by atoms with Crippen molar-refractivity contribution in [3.63, 3.8) is 0 Å². The van der Waals surface area contributed by atoms with Crippen molar-refractivity contribution in [1.29, 1.82) is 0 Å². The first kappa shape index (κ1) is 16.2. The lowest BCUT2D eigenvalue weighted by atomic mass is 10.0. The lowest BCUT2D eigenvalue weighted by Gasteiger charge is -2.33. The van der Waals surface area contributed by atoms with Crippen molar-refractivity contribution in [3.8, 4) is 5.75 Å². The van der Waals surface area contributed by atoms with Crippen molar-refractivity contribution >= 4 is 17.3 Å². The van der Waals surface area contributed by atoms with Crippen molar-refractivity contribution < 1.29 is 4.74 Å². The molecule has 2 aromatic carbocycles. The Morgan fingerprint density at radius 2 is 1.91 bits per heavy atom. The van der Waals surface area contributed by atoms with Gasteiger partial charge in [0.05, 0.1) is 12.8 Å². The Hall–Kier alpha value is -1.71. The minimum atomic E-state index is 0.502. The monoisotopic (exact) mass is 330 g/mol. The van der Waals surface area contributed by atoms with Crippen LogP contribution >= 0.6 is 11.6 Å². The maximum absolute atomic E-state index is 6.06. The van der Waals surface area contributed by atoms with Crippen LogP contribution in [0.1, 0.15) is 18.4 Å². The van der Waals surface area contributed by atoms with Crippen LogP contribution in [0.4, 0.5) is 5.69 Å². The van der Waals surface area contributed by atoms with Gasteiger partial charge >= 0.3 is 0 Å². The molecule has 0 saturated carbocycles. The molecule has 1 saturated heterocycles. The van der Waals surface area contributed by atoms with Crippen LogP contribution in [0.3, 0.4) is 0 Å². The number of halogens is 1. The van der Waals surface area contributed by atoms with Gasteiger partial charge in [0.15, 0.2) is 0 Å². The number of benzene rings is 2. The normalized spacial score (nSPS) is 16.3. The van der Waals surface area contributed by atoms with E-state index in [1.165, 1.54) is 5.56 Å². The molecule has 3 nitrogen and oxygen atoms in total. The third kappa shape index (κ3) is 4.40. The van der Waals surface area contributed by atoms with Crippen molar-refractivity contribution in [2.45, 2.75) is 25.4 Å². The van der Waals surface area contributed by atoms with Crippen LogP contribution in [0.5, 0.6) is 5.75 Å². The maximum atomic E-state index is 6.06. The molecule has 0 radical (unpaired) electrons. The molecule has 3 rings (SSSR count). The topological polar surface area (TPSA) is 24.5 Å². The molecule has 0 aromatic heterocycles. The van der Waals surface area contributed by atoms with E-state index in [2.05, 4.69) is 28.4 Å². The van der Waals surface area contributed by atoms with Gasteiger partial charge < -0.3 is 10.1 Å². The third-order valence-corrected chi connectivity index (χ3v) is 4.58. The predicted octanol–water partition coefficient (Wildman–Crippen LogP) is 4.43. The Balaban J connectivity index is 1.52. The number of likely N-dealkylation sites (tertiary alicyclic amines) is 1. The molecule has 2 aromatic rings. The van der Waals surface area contributed by atoms with Gasteiger partial charge in [-0.2, -0.15) is 0 Å². The van der Waals surface area contributed by atoms with Crippen LogP contribution in [-0.2, 0) is 6.54 Å². The van der Waals surface area contributed by atoms with Crippen molar-refractivity contribution in [2.75, 3.05) is 25.5 Å². The largest absolute Gasteiger partial charge is 0.495 e. The number of piperidine rings is 1. The van der Waals surface area contributed by atoms with Gasteiger partial charge in [-0.25, -0.2) is 0 Å². The number of rotatable bonds is 5. The van der Waals surface area contributed by atoms with E-state index in [0.29, 0.717) is 6.04 Å². The van der Waals surface area contributed by atoms with E-state index in [-0.39, 0.29) is 0 Å². The molecule has 0 amide bonds. The van der Waals surface area contributed by atoms with Crippen LogP contribution in [0.25, 0.3) is 0 Å². The van der Waals surface area contributed by atoms with Crippen molar-refractivity contribution in [3.05, 3.63) is 59.1 Å². The van der Waals surface area contributed by atoms with Crippen LogP contribution in [0, 0.1) is 0 Å². The van der Waals surface area contributed by atoms with Gasteiger partial charge in [0.2, 0.25) is 0 Å². The molecule has 1 aliphatic heterocycles. The van der Waals surface area contributed by atoms with E-state index >= 15 is 0 Å². The van der Waals surface area contributed by atoms with Crippen LogP contribution in [0.2, 0.25) is 5.02 Å². The quantitative estimate of drug-likeness (QED) is 0.878. The Morgan fingerprint density at radius 1 is 1.13 bits per heavy atom. The highest BCUT2D eigenvalue weighted by Crippen LogP contribution is 2.26. The fourth-order valence-corrected chi connectivity index (χ4v) is 3.33.